The molecule has 87 heavy (non-hydrogen) atoms. The van der Waals surface area contributed by atoms with Crippen LogP contribution in [0.3, 0.4) is 0 Å². The first-order chi connectivity index (χ1) is 41.6. The van der Waals surface area contributed by atoms with Crippen LogP contribution in [0, 0.1) is 34.5 Å². The molecule has 7 rings (SSSR count). The summed E-state index contributed by atoms with van der Waals surface area (Å²) in [6.07, 6.45) is 11.4. The number of benzene rings is 6. The summed E-state index contributed by atoms with van der Waals surface area (Å²) < 4.78 is 21.4. The topological polar surface area (TPSA) is 187 Å². The Morgan fingerprint density at radius 2 is 1.05 bits per heavy atom. The maximum absolute atomic E-state index is 12.8. The number of carbonyl (C=O) groups excluding carboxylic acids is 5. The van der Waals surface area contributed by atoms with Gasteiger partial charge in [-0.05, 0) is 126 Å². The number of ether oxygens (including phenoxy) is 4. The molecule has 0 aliphatic heterocycles. The lowest BCUT2D eigenvalue weighted by Gasteiger charge is -2.38. The van der Waals surface area contributed by atoms with Crippen LogP contribution in [0.2, 0.25) is 0 Å². The molecular weight excluding hydrogens is 1090 g/mol. The van der Waals surface area contributed by atoms with Crippen LogP contribution in [0.25, 0.3) is 5.57 Å². The van der Waals surface area contributed by atoms with Crippen molar-refractivity contribution in [2.24, 2.45) is 23.2 Å². The normalized spacial score (nSPS) is 14.6. The van der Waals surface area contributed by atoms with Crippen molar-refractivity contribution in [3.63, 3.8) is 0 Å². The van der Waals surface area contributed by atoms with Crippen LogP contribution >= 0.6 is 0 Å². The van der Waals surface area contributed by atoms with Crippen molar-refractivity contribution in [1.82, 2.24) is 0 Å². The fourth-order valence-corrected chi connectivity index (χ4v) is 10.3. The lowest BCUT2D eigenvalue weighted by Crippen LogP contribution is -2.34. The number of hydrogen-bond donors (Lipinski definition) is 2. The minimum absolute atomic E-state index is 0.0179. The van der Waals surface area contributed by atoms with E-state index in [4.69, 9.17) is 18.9 Å². The van der Waals surface area contributed by atoms with Crippen LogP contribution in [0.5, 0.6) is 17.2 Å². The predicted molar refractivity (Wildman–Crippen MR) is 346 cm³/mol. The molecule has 0 amide bonds. The van der Waals surface area contributed by atoms with Gasteiger partial charge in [0.2, 0.25) is 0 Å². The molecule has 6 aromatic rings. The van der Waals surface area contributed by atoms with Gasteiger partial charge in [0, 0.05) is 16.7 Å². The second kappa shape index (κ2) is 36.6. The first-order valence-corrected chi connectivity index (χ1v) is 30.8. The maximum atomic E-state index is 12.8. The summed E-state index contributed by atoms with van der Waals surface area (Å²) in [5.41, 5.74) is 5.32. The van der Waals surface area contributed by atoms with Gasteiger partial charge in [0.25, 0.3) is 0 Å². The average Bonchev–Trinajstić information content (AvgIpc) is 3.71. The first-order valence-electron chi connectivity index (χ1n) is 30.8. The van der Waals surface area contributed by atoms with Crippen molar-refractivity contribution in [2.45, 2.75) is 158 Å². The van der Waals surface area contributed by atoms with Gasteiger partial charge >= 0.3 is 17.9 Å². The predicted octanol–water partition coefficient (Wildman–Crippen LogP) is 17.7. The smallest absolute Gasteiger partial charge is 0.349 e. The Balaban J connectivity index is 0.000000251. The van der Waals surface area contributed by atoms with Gasteiger partial charge in [0.05, 0.1) is 26.7 Å². The van der Waals surface area contributed by atoms with E-state index in [1.165, 1.54) is 12.1 Å². The second-order valence-electron chi connectivity index (χ2n) is 24.2. The molecule has 0 heterocycles. The van der Waals surface area contributed by atoms with Gasteiger partial charge in [-0.15, -0.1) is 0 Å². The summed E-state index contributed by atoms with van der Waals surface area (Å²) in [5, 5.41) is 29.0. The van der Waals surface area contributed by atoms with Crippen LogP contribution in [0.15, 0.2) is 163 Å². The van der Waals surface area contributed by atoms with E-state index in [0.29, 0.717) is 53.4 Å². The molecule has 0 aromatic heterocycles. The molecule has 464 valence electrons. The number of para-hydroxylation sites is 2. The van der Waals surface area contributed by atoms with Crippen LogP contribution < -0.4 is 4.74 Å². The zero-order valence-electron chi connectivity index (χ0n) is 53.2. The van der Waals surface area contributed by atoms with Crippen LogP contribution in [-0.2, 0) is 24.4 Å². The Bertz CT molecular complexity index is 3110. The quantitative estimate of drug-likeness (QED) is 0.0155. The third-order valence-electron chi connectivity index (χ3n) is 15.4. The standard InChI is InChI=1S/C24H27NO2.C20H22O3.C16H22O3.C15H22O3/c1-3-5-12-19(4-2)18-27-24(26)22(17-25)23(20-13-8-6-9-14-20)21-15-10-7-11-16-21;1-20(2,3)16-9-5-14(6-10-16)18(21)13-19(22)15-7-11-17(23-4)12-8-15;1-11-8-12(10-16(2,3)9-11)19-15(18)13-6-4-5-7-14(13)17;1-3-5-8-12(4-2)11-18-15(17)13-9-6-7-10-14(13)16/h6-11,13-16,19H,3-5,12,18H2,1-2H3;5-12H,13H2,1-4H3;4-7,11-12,17H,8-10H2,1-3H3;6-7,9-10,12,16H,3-5,8,11H2,1-2H3. The molecule has 12 heteroatoms. The molecule has 1 aliphatic rings. The molecule has 0 bridgehead atoms. The largest absolute Gasteiger partial charge is 0.507 e. The molecule has 6 aromatic carbocycles. The number of hydrogen-bond acceptors (Lipinski definition) is 12. The number of aromatic hydroxyl groups is 2. The van der Waals surface area contributed by atoms with Gasteiger partial charge in [0.1, 0.15) is 46.1 Å². The molecule has 4 unspecified atom stereocenters. The molecule has 1 aliphatic carbocycles. The lowest BCUT2D eigenvalue weighted by atomic mass is 9.71. The number of Topliss-reactive ketones (excluding diaryl/α,β-unsaturated/α-hetero) is 2. The van der Waals surface area contributed by atoms with E-state index in [1.54, 1.807) is 79.9 Å². The second-order valence-corrected chi connectivity index (χ2v) is 24.2. The Morgan fingerprint density at radius 3 is 1.47 bits per heavy atom. The number of methoxy groups -OCH3 is 1. The van der Waals surface area contributed by atoms with E-state index in [0.717, 1.165) is 87.3 Å². The fraction of sp³-hybridized carbons (Fsp3) is 0.413. The molecular formula is C75H93NO11. The Morgan fingerprint density at radius 1 is 0.598 bits per heavy atom. The highest BCUT2D eigenvalue weighted by Gasteiger charge is 2.34. The third-order valence-corrected chi connectivity index (χ3v) is 15.4. The molecule has 12 nitrogen and oxygen atoms in total. The number of phenolic OH excluding ortho intramolecular Hbond substituents is 2. The van der Waals surface area contributed by atoms with Crippen LogP contribution in [0.4, 0.5) is 0 Å². The van der Waals surface area contributed by atoms with Gasteiger partial charge in [-0.3, -0.25) is 9.59 Å². The highest BCUT2D eigenvalue weighted by molar-refractivity contribution is 6.13. The lowest BCUT2D eigenvalue weighted by molar-refractivity contribution is -0.140. The third kappa shape index (κ3) is 24.2. The van der Waals surface area contributed by atoms with Crippen LogP contribution in [0.1, 0.15) is 204 Å². The molecule has 2 N–H and O–H groups in total. The Kier molecular flexibility index (Phi) is 30.0. The number of rotatable bonds is 23. The van der Waals surface area contributed by atoms with Gasteiger partial charge in [-0.25, -0.2) is 14.4 Å². The SMILES string of the molecule is CC1CC(OC(=O)c2ccccc2O)CC(C)(C)C1.CCCCC(CC)COC(=O)C(C#N)=C(c1ccccc1)c1ccccc1.CCCCC(CC)COC(=O)c1ccccc1O.COc1ccc(C(=O)CC(=O)c2ccc(C(C)(C)C)cc2)cc1. The minimum Gasteiger partial charge on any atom is -0.507 e. The van der Waals surface area contributed by atoms with Gasteiger partial charge < -0.3 is 29.2 Å². The van der Waals surface area contributed by atoms with E-state index >= 15 is 0 Å². The number of esters is 3. The monoisotopic (exact) mass is 1180 g/mol. The van der Waals surface area contributed by atoms with Crippen molar-refractivity contribution >= 4 is 35.0 Å². The fourth-order valence-electron chi connectivity index (χ4n) is 10.3. The summed E-state index contributed by atoms with van der Waals surface area (Å²) in [4.78, 5) is 61.1. The Labute approximate surface area is 518 Å². The molecule has 1 fully saturated rings. The number of ketones is 2. The number of nitrogens with zero attached hydrogens (tertiary/aromatic N) is 1. The van der Waals surface area contributed by atoms with Gasteiger partial charge in [-0.1, -0.05) is 217 Å². The first kappa shape index (κ1) is 71.2. The summed E-state index contributed by atoms with van der Waals surface area (Å²) in [6, 6.07) is 48.4. The number of carbonyl (C=O) groups is 5. The van der Waals surface area contributed by atoms with E-state index in [1.807, 2.05) is 72.8 Å². The Hall–Kier alpha value is -8.30. The van der Waals surface area contributed by atoms with Crippen molar-refractivity contribution in [1.29, 1.82) is 5.26 Å². The van der Waals surface area contributed by atoms with Gasteiger partial charge in [-0.2, -0.15) is 5.26 Å². The number of nitriles is 1. The van der Waals surface area contributed by atoms with Crippen molar-refractivity contribution in [3.05, 3.63) is 202 Å². The molecule has 4 atom stereocenters. The summed E-state index contributed by atoms with van der Waals surface area (Å²) in [6.45, 7) is 22.3. The summed E-state index contributed by atoms with van der Waals surface area (Å²) in [7, 11) is 1.57. The molecule has 0 spiro atoms. The minimum atomic E-state index is -0.546. The van der Waals surface area contributed by atoms with Crippen molar-refractivity contribution in [3.8, 4) is 23.3 Å². The van der Waals surface area contributed by atoms with E-state index in [9.17, 15) is 39.4 Å². The highest BCUT2D eigenvalue weighted by atomic mass is 16.5. The van der Waals surface area contributed by atoms with Gasteiger partial charge in [0.15, 0.2) is 11.6 Å². The van der Waals surface area contributed by atoms with Crippen LogP contribution in [-0.4, -0.2) is 66.1 Å². The molecule has 0 radical (unpaired) electrons. The zero-order chi connectivity index (χ0) is 63.9. The molecule has 1 saturated carbocycles. The maximum Gasteiger partial charge on any atom is 0.349 e. The van der Waals surface area contributed by atoms with Crippen molar-refractivity contribution < 1.29 is 53.1 Å². The van der Waals surface area contributed by atoms with E-state index in [-0.39, 0.29) is 63.1 Å². The molecule has 0 saturated heterocycles. The van der Waals surface area contributed by atoms with Crippen molar-refractivity contribution in [2.75, 3.05) is 20.3 Å². The number of unbranched alkanes of at least 4 members (excludes halogenated alkanes) is 2. The highest BCUT2D eigenvalue weighted by Crippen LogP contribution is 2.40. The van der Waals surface area contributed by atoms with E-state index in [2.05, 4.69) is 75.3 Å². The average molecular weight is 1180 g/mol. The zero-order valence-corrected chi connectivity index (χ0v) is 53.2. The number of phenols is 2. The summed E-state index contributed by atoms with van der Waals surface area (Å²) in [5.74, 6) is 0.205. The summed E-state index contributed by atoms with van der Waals surface area (Å²) >= 11 is 0. The van der Waals surface area contributed by atoms with E-state index < -0.39 is 17.9 Å².